The van der Waals surface area contributed by atoms with E-state index in [0.717, 1.165) is 10.9 Å². The summed E-state index contributed by atoms with van der Waals surface area (Å²) in [5.41, 5.74) is 1.22. The minimum Gasteiger partial charge on any atom is -0.469 e. The molecule has 0 saturated heterocycles. The van der Waals surface area contributed by atoms with Crippen LogP contribution in [-0.2, 0) is 9.53 Å². The summed E-state index contributed by atoms with van der Waals surface area (Å²) < 4.78 is 4.45. The van der Waals surface area contributed by atoms with Crippen molar-refractivity contribution in [2.75, 3.05) is 7.11 Å². The molecule has 0 amide bonds. The molecule has 0 radical (unpaired) electrons. The summed E-state index contributed by atoms with van der Waals surface area (Å²) in [6, 6.07) is 5.17. The quantitative estimate of drug-likeness (QED) is 0.747. The number of carbonyl (C=O) groups excluding carboxylic acids is 1. The number of benzene rings is 1. The molecular formula is C13H14ClNO4. The topological polar surface area (TPSA) is 82.6 Å². The molecule has 2 rings (SSSR count). The van der Waals surface area contributed by atoms with Crippen LogP contribution >= 0.6 is 11.6 Å². The molecule has 1 aromatic carbocycles. The highest BCUT2D eigenvalue weighted by atomic mass is 35.5. The van der Waals surface area contributed by atoms with Crippen molar-refractivity contribution < 1.29 is 19.7 Å². The Balaban J connectivity index is 2.26. The van der Waals surface area contributed by atoms with Gasteiger partial charge in [0, 0.05) is 22.3 Å². The van der Waals surface area contributed by atoms with Crippen molar-refractivity contribution in [2.24, 2.45) is 0 Å². The van der Waals surface area contributed by atoms with E-state index < -0.39 is 18.2 Å². The Morgan fingerprint density at radius 3 is 2.89 bits per heavy atom. The second kappa shape index (κ2) is 5.61. The van der Waals surface area contributed by atoms with E-state index in [1.807, 2.05) is 6.07 Å². The number of esters is 1. The Kier molecular flexibility index (Phi) is 4.09. The molecule has 0 spiro atoms. The number of aliphatic hydroxyl groups excluding tert-OH is 2. The van der Waals surface area contributed by atoms with Crippen molar-refractivity contribution in [3.63, 3.8) is 0 Å². The average molecular weight is 284 g/mol. The van der Waals surface area contributed by atoms with Crippen LogP contribution in [0.15, 0.2) is 24.4 Å². The fourth-order valence-electron chi connectivity index (χ4n) is 1.89. The number of rotatable bonds is 4. The van der Waals surface area contributed by atoms with Crippen LogP contribution in [0.25, 0.3) is 10.9 Å². The second-order valence-electron chi connectivity index (χ2n) is 4.23. The summed E-state index contributed by atoms with van der Waals surface area (Å²) in [7, 11) is 1.22. The Bertz CT molecular complexity index is 595. The molecule has 2 atom stereocenters. The van der Waals surface area contributed by atoms with E-state index in [1.165, 1.54) is 7.11 Å². The van der Waals surface area contributed by atoms with Gasteiger partial charge in [0.1, 0.15) is 6.10 Å². The number of aromatic amines is 1. The van der Waals surface area contributed by atoms with Gasteiger partial charge in [-0.3, -0.25) is 4.79 Å². The third-order valence-electron chi connectivity index (χ3n) is 2.96. The summed E-state index contributed by atoms with van der Waals surface area (Å²) in [4.78, 5) is 14.1. The molecule has 0 aliphatic rings. The Morgan fingerprint density at radius 2 is 2.21 bits per heavy atom. The highest BCUT2D eigenvalue weighted by Gasteiger charge is 2.24. The van der Waals surface area contributed by atoms with Crippen molar-refractivity contribution in [3.8, 4) is 0 Å². The summed E-state index contributed by atoms with van der Waals surface area (Å²) in [5, 5.41) is 21.1. The number of nitrogens with one attached hydrogen (secondary N) is 1. The van der Waals surface area contributed by atoms with E-state index in [4.69, 9.17) is 11.6 Å². The predicted octanol–water partition coefficient (Wildman–Crippen LogP) is 1.78. The lowest BCUT2D eigenvalue weighted by Crippen LogP contribution is -2.22. The molecule has 1 heterocycles. The molecule has 19 heavy (non-hydrogen) atoms. The maximum Gasteiger partial charge on any atom is 0.308 e. The summed E-state index contributed by atoms with van der Waals surface area (Å²) >= 11 is 6.06. The molecule has 0 aliphatic heterocycles. The zero-order chi connectivity index (χ0) is 14.0. The van der Waals surface area contributed by atoms with Gasteiger partial charge >= 0.3 is 5.97 Å². The third kappa shape index (κ3) is 2.89. The molecule has 3 N–H and O–H groups in total. The van der Waals surface area contributed by atoms with Crippen LogP contribution < -0.4 is 0 Å². The molecule has 2 unspecified atom stereocenters. The largest absolute Gasteiger partial charge is 0.469 e. The zero-order valence-electron chi connectivity index (χ0n) is 10.3. The standard InChI is InChI=1S/C13H14ClNO4/c1-19-12(17)6-11(16)13(18)8-4-7-2-3-15-10(7)5-9(8)14/h2-5,11,13,15-16,18H,6H2,1H3. The number of ether oxygens (including phenoxy) is 1. The number of aliphatic hydroxyl groups is 2. The molecule has 5 nitrogen and oxygen atoms in total. The molecule has 0 fully saturated rings. The van der Waals surface area contributed by atoms with Gasteiger partial charge in [0.05, 0.1) is 19.6 Å². The minimum absolute atomic E-state index is 0.292. The minimum atomic E-state index is -1.26. The number of hydrogen-bond acceptors (Lipinski definition) is 4. The van der Waals surface area contributed by atoms with Gasteiger partial charge in [-0.2, -0.15) is 0 Å². The van der Waals surface area contributed by atoms with Gasteiger partial charge in [-0.25, -0.2) is 0 Å². The first-order valence-corrected chi connectivity index (χ1v) is 6.10. The van der Waals surface area contributed by atoms with Crippen LogP contribution in [0.1, 0.15) is 18.1 Å². The summed E-state index contributed by atoms with van der Waals surface area (Å²) in [5.74, 6) is -0.592. The normalized spacial score (nSPS) is 14.3. The number of halogens is 1. The zero-order valence-corrected chi connectivity index (χ0v) is 11.0. The van der Waals surface area contributed by atoms with Gasteiger partial charge in [0.15, 0.2) is 0 Å². The first kappa shape index (κ1) is 13.9. The number of aromatic nitrogens is 1. The number of hydrogen-bond donors (Lipinski definition) is 3. The van der Waals surface area contributed by atoms with Crippen LogP contribution in [0, 0.1) is 0 Å². The van der Waals surface area contributed by atoms with Crippen molar-refractivity contribution in [1.29, 1.82) is 0 Å². The third-order valence-corrected chi connectivity index (χ3v) is 3.28. The van der Waals surface area contributed by atoms with Gasteiger partial charge in [-0.1, -0.05) is 11.6 Å². The smallest absolute Gasteiger partial charge is 0.308 e. The monoisotopic (exact) mass is 283 g/mol. The average Bonchev–Trinajstić information content (AvgIpc) is 2.83. The lowest BCUT2D eigenvalue weighted by atomic mass is 10.0. The molecule has 0 saturated carbocycles. The maximum atomic E-state index is 11.1. The maximum absolute atomic E-state index is 11.1. The molecule has 0 bridgehead atoms. The van der Waals surface area contributed by atoms with Crippen molar-refractivity contribution in [1.82, 2.24) is 4.98 Å². The fraction of sp³-hybridized carbons (Fsp3) is 0.308. The lowest BCUT2D eigenvalue weighted by molar-refractivity contribution is -0.144. The molecule has 1 aromatic heterocycles. The lowest BCUT2D eigenvalue weighted by Gasteiger charge is -2.18. The van der Waals surface area contributed by atoms with E-state index in [0.29, 0.717) is 10.6 Å². The van der Waals surface area contributed by atoms with Gasteiger partial charge in [-0.05, 0) is 23.6 Å². The van der Waals surface area contributed by atoms with Crippen molar-refractivity contribution >= 4 is 28.5 Å². The van der Waals surface area contributed by atoms with E-state index >= 15 is 0 Å². The van der Waals surface area contributed by atoms with Crippen molar-refractivity contribution in [3.05, 3.63) is 35.0 Å². The summed E-state index contributed by atoms with van der Waals surface area (Å²) in [6.45, 7) is 0. The van der Waals surface area contributed by atoms with E-state index in [-0.39, 0.29) is 6.42 Å². The SMILES string of the molecule is COC(=O)CC(O)C(O)c1cc2cc[nH]c2cc1Cl. The van der Waals surface area contributed by atoms with Gasteiger partial charge in [0.25, 0.3) is 0 Å². The highest BCUT2D eigenvalue weighted by Crippen LogP contribution is 2.30. The Morgan fingerprint density at radius 1 is 1.47 bits per heavy atom. The molecule has 2 aromatic rings. The van der Waals surface area contributed by atoms with Gasteiger partial charge < -0.3 is 19.9 Å². The predicted molar refractivity (Wildman–Crippen MR) is 70.9 cm³/mol. The van der Waals surface area contributed by atoms with E-state index in [1.54, 1.807) is 18.3 Å². The molecular weight excluding hydrogens is 270 g/mol. The number of methoxy groups -OCH3 is 1. The van der Waals surface area contributed by atoms with E-state index in [9.17, 15) is 15.0 Å². The van der Waals surface area contributed by atoms with Crippen LogP contribution in [0.3, 0.4) is 0 Å². The first-order valence-electron chi connectivity index (χ1n) is 5.72. The van der Waals surface area contributed by atoms with Crippen LogP contribution in [-0.4, -0.2) is 34.4 Å². The molecule has 0 aliphatic carbocycles. The van der Waals surface area contributed by atoms with Crippen molar-refractivity contribution in [2.45, 2.75) is 18.6 Å². The highest BCUT2D eigenvalue weighted by molar-refractivity contribution is 6.32. The fourth-order valence-corrected chi connectivity index (χ4v) is 2.17. The van der Waals surface area contributed by atoms with Crippen LogP contribution in [0.5, 0.6) is 0 Å². The Labute approximate surface area is 114 Å². The molecule has 6 heteroatoms. The van der Waals surface area contributed by atoms with Gasteiger partial charge in [0.2, 0.25) is 0 Å². The first-order chi connectivity index (χ1) is 9.02. The summed E-state index contributed by atoms with van der Waals surface area (Å²) in [6.07, 6.45) is -1.05. The number of carbonyl (C=O) groups is 1. The Hall–Kier alpha value is -1.56. The van der Waals surface area contributed by atoms with Crippen LogP contribution in [0.4, 0.5) is 0 Å². The number of H-pyrrole nitrogens is 1. The second-order valence-corrected chi connectivity index (χ2v) is 4.64. The van der Waals surface area contributed by atoms with E-state index in [2.05, 4.69) is 9.72 Å². The molecule has 102 valence electrons. The van der Waals surface area contributed by atoms with Gasteiger partial charge in [-0.15, -0.1) is 0 Å². The number of fused-ring (bicyclic) bond motifs is 1. The van der Waals surface area contributed by atoms with Crippen LogP contribution in [0.2, 0.25) is 5.02 Å².